The zero-order valence-corrected chi connectivity index (χ0v) is 15.1. The lowest BCUT2D eigenvalue weighted by molar-refractivity contribution is -0.137. The van der Waals surface area contributed by atoms with E-state index < -0.39 is 11.7 Å². The van der Waals surface area contributed by atoms with Gasteiger partial charge in [-0.05, 0) is 41.6 Å². The molecule has 0 aliphatic rings. The summed E-state index contributed by atoms with van der Waals surface area (Å²) in [6.07, 6.45) is -4.42. The minimum atomic E-state index is -4.42. The Bertz CT molecular complexity index is 1130. The minimum Gasteiger partial charge on any atom is -0.456 e. The number of alkyl halides is 3. The monoisotopic (exact) mass is 378 g/mol. The highest BCUT2D eigenvalue weighted by Crippen LogP contribution is 2.42. The molecule has 0 aliphatic carbocycles. The number of halogens is 3. The summed E-state index contributed by atoms with van der Waals surface area (Å²) in [6, 6.07) is 24.5. The Hall–Kier alpha value is -3.27. The van der Waals surface area contributed by atoms with E-state index in [1.54, 1.807) is 6.07 Å². The SMILES string of the molecule is Cc1cc2ccccc2c(Oc2cccc(C(F)(F)F)c2)c1-c1ccccc1. The fourth-order valence-corrected chi connectivity index (χ4v) is 3.37. The number of ether oxygens (including phenoxy) is 1. The summed E-state index contributed by atoms with van der Waals surface area (Å²) >= 11 is 0. The van der Waals surface area contributed by atoms with Gasteiger partial charge in [0.15, 0.2) is 0 Å². The third-order valence-corrected chi connectivity index (χ3v) is 4.64. The van der Waals surface area contributed by atoms with Crippen molar-refractivity contribution >= 4 is 10.8 Å². The fourth-order valence-electron chi connectivity index (χ4n) is 3.37. The minimum absolute atomic E-state index is 0.155. The predicted octanol–water partition coefficient (Wildman–Crippen LogP) is 7.63. The van der Waals surface area contributed by atoms with E-state index in [-0.39, 0.29) is 5.75 Å². The molecule has 0 aliphatic heterocycles. The molecule has 0 saturated heterocycles. The lowest BCUT2D eigenvalue weighted by Gasteiger charge is -2.18. The maximum absolute atomic E-state index is 13.1. The standard InChI is InChI=1S/C24H17F3O/c1-16-14-18-10-5-6-13-21(18)23(22(16)17-8-3-2-4-9-17)28-20-12-7-11-19(15-20)24(25,26)27/h2-15H,1H3. The summed E-state index contributed by atoms with van der Waals surface area (Å²) in [5.41, 5.74) is 2.08. The van der Waals surface area contributed by atoms with Gasteiger partial charge in [-0.25, -0.2) is 0 Å². The number of hydrogen-bond donors (Lipinski definition) is 0. The normalized spacial score (nSPS) is 11.6. The third-order valence-electron chi connectivity index (χ3n) is 4.64. The molecular formula is C24H17F3O. The first-order valence-electron chi connectivity index (χ1n) is 8.86. The van der Waals surface area contributed by atoms with Crippen molar-refractivity contribution in [3.63, 3.8) is 0 Å². The van der Waals surface area contributed by atoms with E-state index in [0.717, 1.165) is 39.6 Å². The van der Waals surface area contributed by atoms with Crippen LogP contribution < -0.4 is 4.74 Å². The van der Waals surface area contributed by atoms with Crippen LogP contribution >= 0.6 is 0 Å². The van der Waals surface area contributed by atoms with Gasteiger partial charge in [0.05, 0.1) is 5.56 Å². The highest BCUT2D eigenvalue weighted by Gasteiger charge is 2.30. The molecule has 4 aromatic carbocycles. The Kier molecular flexibility index (Phi) is 4.55. The molecule has 0 aromatic heterocycles. The van der Waals surface area contributed by atoms with E-state index in [4.69, 9.17) is 4.74 Å². The number of rotatable bonds is 3. The Morgan fingerprint density at radius 3 is 2.21 bits per heavy atom. The Balaban J connectivity index is 1.93. The molecule has 0 saturated carbocycles. The zero-order valence-electron chi connectivity index (χ0n) is 15.1. The lowest BCUT2D eigenvalue weighted by Crippen LogP contribution is -2.04. The van der Waals surface area contributed by atoms with Crippen LogP contribution in [0.25, 0.3) is 21.9 Å². The maximum Gasteiger partial charge on any atom is 0.416 e. The Morgan fingerprint density at radius 1 is 0.750 bits per heavy atom. The van der Waals surface area contributed by atoms with Crippen molar-refractivity contribution in [2.24, 2.45) is 0 Å². The highest BCUT2D eigenvalue weighted by atomic mass is 19.4. The van der Waals surface area contributed by atoms with Crippen LogP contribution in [0.2, 0.25) is 0 Å². The molecule has 0 unspecified atom stereocenters. The average Bonchev–Trinajstić information content (AvgIpc) is 2.68. The number of fused-ring (bicyclic) bond motifs is 1. The van der Waals surface area contributed by atoms with Gasteiger partial charge in [-0.15, -0.1) is 0 Å². The van der Waals surface area contributed by atoms with Gasteiger partial charge in [0.25, 0.3) is 0 Å². The molecule has 0 radical (unpaired) electrons. The summed E-state index contributed by atoms with van der Waals surface area (Å²) in [7, 11) is 0. The van der Waals surface area contributed by atoms with Crippen LogP contribution in [-0.4, -0.2) is 0 Å². The van der Waals surface area contributed by atoms with Crippen molar-refractivity contribution in [1.82, 2.24) is 0 Å². The number of benzene rings is 4. The van der Waals surface area contributed by atoms with Gasteiger partial charge in [0, 0.05) is 10.9 Å². The highest BCUT2D eigenvalue weighted by molar-refractivity contribution is 5.97. The zero-order chi connectivity index (χ0) is 19.7. The van der Waals surface area contributed by atoms with Crippen molar-refractivity contribution in [3.8, 4) is 22.6 Å². The van der Waals surface area contributed by atoms with Crippen LogP contribution in [-0.2, 0) is 6.18 Å². The number of hydrogen-bond acceptors (Lipinski definition) is 1. The van der Waals surface area contributed by atoms with Gasteiger partial charge >= 0.3 is 6.18 Å². The molecule has 4 aromatic rings. The van der Waals surface area contributed by atoms with Crippen molar-refractivity contribution in [1.29, 1.82) is 0 Å². The van der Waals surface area contributed by atoms with E-state index in [1.165, 1.54) is 6.07 Å². The van der Waals surface area contributed by atoms with Gasteiger partial charge in [-0.2, -0.15) is 13.2 Å². The molecule has 4 rings (SSSR count). The second-order valence-corrected chi connectivity index (χ2v) is 6.61. The van der Waals surface area contributed by atoms with E-state index in [1.807, 2.05) is 61.5 Å². The average molecular weight is 378 g/mol. The molecule has 140 valence electrons. The van der Waals surface area contributed by atoms with E-state index in [2.05, 4.69) is 6.07 Å². The summed E-state index contributed by atoms with van der Waals surface area (Å²) in [6.45, 7) is 1.98. The van der Waals surface area contributed by atoms with E-state index in [0.29, 0.717) is 5.75 Å². The Labute approximate surface area is 161 Å². The molecule has 4 heteroatoms. The quantitative estimate of drug-likeness (QED) is 0.356. The van der Waals surface area contributed by atoms with Gasteiger partial charge in [-0.3, -0.25) is 0 Å². The fraction of sp³-hybridized carbons (Fsp3) is 0.0833. The first-order chi connectivity index (χ1) is 13.4. The van der Waals surface area contributed by atoms with Crippen molar-refractivity contribution in [2.45, 2.75) is 13.1 Å². The smallest absolute Gasteiger partial charge is 0.416 e. The second-order valence-electron chi connectivity index (χ2n) is 6.61. The molecule has 28 heavy (non-hydrogen) atoms. The van der Waals surface area contributed by atoms with Gasteiger partial charge in [-0.1, -0.05) is 66.7 Å². The second kappa shape index (κ2) is 7.04. The molecule has 0 N–H and O–H groups in total. The molecule has 0 spiro atoms. The molecule has 0 amide bonds. The summed E-state index contributed by atoms with van der Waals surface area (Å²) in [5, 5.41) is 1.83. The van der Waals surface area contributed by atoms with Gasteiger partial charge < -0.3 is 4.74 Å². The van der Waals surface area contributed by atoms with E-state index in [9.17, 15) is 13.2 Å². The summed E-state index contributed by atoms with van der Waals surface area (Å²) in [4.78, 5) is 0. The van der Waals surface area contributed by atoms with Crippen LogP contribution in [0.15, 0.2) is 84.9 Å². The van der Waals surface area contributed by atoms with Crippen LogP contribution in [0.3, 0.4) is 0 Å². The lowest BCUT2D eigenvalue weighted by atomic mass is 9.95. The summed E-state index contributed by atoms with van der Waals surface area (Å²) in [5.74, 6) is 0.712. The predicted molar refractivity (Wildman–Crippen MR) is 106 cm³/mol. The third kappa shape index (κ3) is 3.46. The largest absolute Gasteiger partial charge is 0.456 e. The summed E-state index contributed by atoms with van der Waals surface area (Å²) < 4.78 is 45.4. The van der Waals surface area contributed by atoms with Gasteiger partial charge in [0.1, 0.15) is 11.5 Å². The van der Waals surface area contributed by atoms with E-state index >= 15 is 0 Å². The molecule has 0 fully saturated rings. The van der Waals surface area contributed by atoms with Gasteiger partial charge in [0.2, 0.25) is 0 Å². The molecule has 0 heterocycles. The molecule has 0 atom stereocenters. The first-order valence-corrected chi connectivity index (χ1v) is 8.86. The molecular weight excluding hydrogens is 361 g/mol. The van der Waals surface area contributed by atoms with Crippen LogP contribution in [0.1, 0.15) is 11.1 Å². The molecule has 0 bridgehead atoms. The maximum atomic E-state index is 13.1. The van der Waals surface area contributed by atoms with Crippen molar-refractivity contribution < 1.29 is 17.9 Å². The van der Waals surface area contributed by atoms with Crippen LogP contribution in [0, 0.1) is 6.92 Å². The van der Waals surface area contributed by atoms with Crippen LogP contribution in [0.4, 0.5) is 13.2 Å². The molecule has 1 nitrogen and oxygen atoms in total. The number of aryl methyl sites for hydroxylation is 1. The Morgan fingerprint density at radius 2 is 1.46 bits per heavy atom. The van der Waals surface area contributed by atoms with Crippen LogP contribution in [0.5, 0.6) is 11.5 Å². The first kappa shape index (κ1) is 18.1. The topological polar surface area (TPSA) is 9.23 Å². The van der Waals surface area contributed by atoms with Crippen molar-refractivity contribution in [2.75, 3.05) is 0 Å². The van der Waals surface area contributed by atoms with Crippen molar-refractivity contribution in [3.05, 3.63) is 96.1 Å².